The Labute approximate surface area is 165 Å². The molecule has 0 unspecified atom stereocenters. The van der Waals surface area contributed by atoms with Crippen LogP contribution in [0.4, 0.5) is 5.82 Å². The minimum atomic E-state index is -0.173. The molecule has 0 fully saturated rings. The Bertz CT molecular complexity index is 1260. The van der Waals surface area contributed by atoms with Crippen LogP contribution in [0.5, 0.6) is 0 Å². The molecule has 0 N–H and O–H groups in total. The molecule has 5 heterocycles. The summed E-state index contributed by atoms with van der Waals surface area (Å²) in [6.07, 6.45) is 4.31. The summed E-state index contributed by atoms with van der Waals surface area (Å²) in [5.41, 5.74) is 7.70. The topological polar surface area (TPSA) is 76.3 Å². The van der Waals surface area contributed by atoms with E-state index < -0.39 is 0 Å². The van der Waals surface area contributed by atoms with Gasteiger partial charge in [0.05, 0.1) is 16.1 Å². The van der Waals surface area contributed by atoms with Crippen LogP contribution in [0.2, 0.25) is 0 Å². The Balaban J connectivity index is 1.54. The minimum absolute atomic E-state index is 0.173. The summed E-state index contributed by atoms with van der Waals surface area (Å²) in [6, 6.07) is 5.55. The summed E-state index contributed by atoms with van der Waals surface area (Å²) < 4.78 is 1.37. The summed E-state index contributed by atoms with van der Waals surface area (Å²) >= 11 is 1.63. The zero-order valence-electron chi connectivity index (χ0n) is 15.6. The van der Waals surface area contributed by atoms with Gasteiger partial charge in [-0.1, -0.05) is 0 Å². The van der Waals surface area contributed by atoms with Crippen LogP contribution in [0, 0.1) is 13.8 Å². The third-order valence-electron chi connectivity index (χ3n) is 5.09. The molecule has 8 heteroatoms. The second kappa shape index (κ2) is 6.49. The molecule has 0 atom stereocenters. The second-order valence-electron chi connectivity index (χ2n) is 6.97. The Morgan fingerprint density at radius 2 is 2.04 bits per heavy atom. The van der Waals surface area contributed by atoms with E-state index in [0.717, 1.165) is 46.2 Å². The van der Waals surface area contributed by atoms with E-state index >= 15 is 0 Å². The quantitative estimate of drug-likeness (QED) is 0.524. The van der Waals surface area contributed by atoms with Crippen molar-refractivity contribution in [1.29, 1.82) is 0 Å². The molecule has 28 heavy (non-hydrogen) atoms. The molecule has 0 aromatic carbocycles. The largest absolute Gasteiger partial charge is 0.350 e. The standard InChI is InChI=1S/C20H18N6OS/c1-12-7-17-21-5-3-18(27)26(17)24-20(12)25-6-4-16-15(10-25)8-14(9-22-16)19-13(2)23-11-28-19/h3,5,7-9,11H,4,6,10H2,1-2H3. The molecule has 1 aliphatic heterocycles. The predicted molar refractivity (Wildman–Crippen MR) is 109 cm³/mol. The highest BCUT2D eigenvalue weighted by Crippen LogP contribution is 2.31. The van der Waals surface area contributed by atoms with E-state index in [-0.39, 0.29) is 5.56 Å². The van der Waals surface area contributed by atoms with Crippen molar-refractivity contribution in [2.45, 2.75) is 26.8 Å². The molecule has 1 aliphatic rings. The Morgan fingerprint density at radius 1 is 1.14 bits per heavy atom. The summed E-state index contributed by atoms with van der Waals surface area (Å²) in [6.45, 7) is 5.55. The zero-order valence-corrected chi connectivity index (χ0v) is 16.4. The number of pyridine rings is 1. The van der Waals surface area contributed by atoms with Crippen molar-refractivity contribution >= 4 is 22.8 Å². The van der Waals surface area contributed by atoms with Gasteiger partial charge in [0.2, 0.25) is 0 Å². The molecule has 5 rings (SSSR count). The van der Waals surface area contributed by atoms with Gasteiger partial charge in [0.25, 0.3) is 5.56 Å². The fraction of sp³-hybridized carbons (Fsp3) is 0.250. The molecule has 7 nitrogen and oxygen atoms in total. The van der Waals surface area contributed by atoms with Crippen LogP contribution in [0.1, 0.15) is 22.5 Å². The first-order valence-corrected chi connectivity index (χ1v) is 9.97. The van der Waals surface area contributed by atoms with Crippen molar-refractivity contribution < 1.29 is 0 Å². The fourth-order valence-corrected chi connectivity index (χ4v) is 4.46. The predicted octanol–water partition coefficient (Wildman–Crippen LogP) is 2.79. The molecule has 0 radical (unpaired) electrons. The van der Waals surface area contributed by atoms with E-state index in [1.165, 1.54) is 22.3 Å². The molecule has 0 spiro atoms. The van der Waals surface area contributed by atoms with Gasteiger partial charge in [-0.2, -0.15) is 4.52 Å². The second-order valence-corrected chi connectivity index (χ2v) is 7.83. The molecule has 0 aliphatic carbocycles. The lowest BCUT2D eigenvalue weighted by molar-refractivity contribution is 0.686. The minimum Gasteiger partial charge on any atom is -0.350 e. The highest BCUT2D eigenvalue weighted by Gasteiger charge is 2.22. The molecule has 4 aromatic heterocycles. The highest BCUT2D eigenvalue weighted by molar-refractivity contribution is 7.13. The van der Waals surface area contributed by atoms with E-state index in [1.54, 1.807) is 11.3 Å². The summed E-state index contributed by atoms with van der Waals surface area (Å²) in [4.78, 5) is 28.8. The van der Waals surface area contributed by atoms with E-state index in [9.17, 15) is 4.79 Å². The average Bonchev–Trinajstić information content (AvgIpc) is 3.13. The van der Waals surface area contributed by atoms with Crippen molar-refractivity contribution in [3.63, 3.8) is 0 Å². The molecular formula is C20H18N6OS. The number of hydrogen-bond acceptors (Lipinski definition) is 7. The number of nitrogens with zero attached hydrogens (tertiary/aromatic N) is 6. The third kappa shape index (κ3) is 2.77. The van der Waals surface area contributed by atoms with Crippen LogP contribution < -0.4 is 10.5 Å². The van der Waals surface area contributed by atoms with Crippen LogP contribution in [0.25, 0.3) is 16.1 Å². The number of thiazole rings is 1. The number of aryl methyl sites for hydroxylation is 2. The number of rotatable bonds is 2. The van der Waals surface area contributed by atoms with Crippen molar-refractivity contribution in [1.82, 2.24) is 24.6 Å². The van der Waals surface area contributed by atoms with E-state index in [0.29, 0.717) is 12.2 Å². The van der Waals surface area contributed by atoms with Crippen molar-refractivity contribution in [3.05, 3.63) is 69.0 Å². The molecule has 0 bridgehead atoms. The summed E-state index contributed by atoms with van der Waals surface area (Å²) in [5, 5.41) is 4.60. The molecule has 0 saturated carbocycles. The maximum Gasteiger partial charge on any atom is 0.274 e. The van der Waals surface area contributed by atoms with Gasteiger partial charge in [-0.05, 0) is 37.1 Å². The molecule has 0 amide bonds. The maximum absolute atomic E-state index is 12.2. The zero-order chi connectivity index (χ0) is 19.3. The average molecular weight is 390 g/mol. The normalized spacial score (nSPS) is 13.7. The van der Waals surface area contributed by atoms with Crippen LogP contribution >= 0.6 is 11.3 Å². The van der Waals surface area contributed by atoms with Gasteiger partial charge in [-0.15, -0.1) is 16.4 Å². The van der Waals surface area contributed by atoms with Gasteiger partial charge in [0, 0.05) is 49.2 Å². The Hall–Kier alpha value is -3.13. The fourth-order valence-electron chi connectivity index (χ4n) is 3.67. The lowest BCUT2D eigenvalue weighted by atomic mass is 10.0. The van der Waals surface area contributed by atoms with Crippen molar-refractivity contribution in [3.8, 4) is 10.4 Å². The number of anilines is 1. The van der Waals surface area contributed by atoms with Gasteiger partial charge in [-0.25, -0.2) is 9.97 Å². The molecule has 0 saturated heterocycles. The highest BCUT2D eigenvalue weighted by atomic mass is 32.1. The van der Waals surface area contributed by atoms with Crippen LogP contribution in [0.3, 0.4) is 0 Å². The van der Waals surface area contributed by atoms with E-state index in [1.807, 2.05) is 31.6 Å². The molecular weight excluding hydrogens is 372 g/mol. The number of aromatic nitrogens is 5. The SMILES string of the molecule is Cc1cc2nccc(=O)n2nc1N1CCc2ncc(-c3scnc3C)cc2C1. The van der Waals surface area contributed by atoms with Gasteiger partial charge >= 0.3 is 0 Å². The van der Waals surface area contributed by atoms with Crippen LogP contribution in [0.15, 0.2) is 40.9 Å². The van der Waals surface area contributed by atoms with Gasteiger partial charge in [0.15, 0.2) is 11.5 Å². The van der Waals surface area contributed by atoms with Crippen LogP contribution in [-0.2, 0) is 13.0 Å². The molecule has 4 aromatic rings. The van der Waals surface area contributed by atoms with Gasteiger partial charge < -0.3 is 4.90 Å². The maximum atomic E-state index is 12.2. The number of fused-ring (bicyclic) bond motifs is 2. The first-order valence-electron chi connectivity index (χ1n) is 9.09. The van der Waals surface area contributed by atoms with Gasteiger partial charge in [-0.3, -0.25) is 9.78 Å². The third-order valence-corrected chi connectivity index (χ3v) is 6.07. The van der Waals surface area contributed by atoms with Gasteiger partial charge in [0.1, 0.15) is 0 Å². The lowest BCUT2D eigenvalue weighted by Gasteiger charge is -2.30. The summed E-state index contributed by atoms with van der Waals surface area (Å²) in [5.74, 6) is 0.813. The van der Waals surface area contributed by atoms with E-state index in [2.05, 4.69) is 26.0 Å². The monoisotopic (exact) mass is 390 g/mol. The Kier molecular flexibility index (Phi) is 3.94. The molecule has 140 valence electrons. The first kappa shape index (κ1) is 17.0. The summed E-state index contributed by atoms with van der Waals surface area (Å²) in [7, 11) is 0. The van der Waals surface area contributed by atoms with Crippen LogP contribution in [-0.4, -0.2) is 31.1 Å². The number of hydrogen-bond donors (Lipinski definition) is 0. The first-order chi connectivity index (χ1) is 13.6. The smallest absolute Gasteiger partial charge is 0.274 e. The lowest BCUT2D eigenvalue weighted by Crippen LogP contribution is -2.33. The van der Waals surface area contributed by atoms with E-state index in [4.69, 9.17) is 4.98 Å². The van der Waals surface area contributed by atoms with Crippen molar-refractivity contribution in [2.24, 2.45) is 0 Å². The Morgan fingerprint density at radius 3 is 2.86 bits per heavy atom. The van der Waals surface area contributed by atoms with Crippen molar-refractivity contribution in [2.75, 3.05) is 11.4 Å².